The Morgan fingerprint density at radius 3 is 2.00 bits per heavy atom. The van der Waals surface area contributed by atoms with E-state index in [-0.39, 0.29) is 18.8 Å². The summed E-state index contributed by atoms with van der Waals surface area (Å²) in [6.45, 7) is 3.31. The van der Waals surface area contributed by atoms with Crippen molar-refractivity contribution in [3.05, 3.63) is 47.2 Å². The van der Waals surface area contributed by atoms with Gasteiger partial charge in [0.25, 0.3) is 0 Å². The first-order valence-corrected chi connectivity index (χ1v) is 6.46. The summed E-state index contributed by atoms with van der Waals surface area (Å²) >= 11 is 0. The van der Waals surface area contributed by atoms with Crippen LogP contribution in [0.25, 0.3) is 0 Å². The third-order valence-electron chi connectivity index (χ3n) is 2.51. The zero-order valence-electron chi connectivity index (χ0n) is 11.9. The largest absolute Gasteiger partial charge is 0.462 e. The Kier molecular flexibility index (Phi) is 6.13. The second kappa shape index (κ2) is 7.84. The van der Waals surface area contributed by atoms with E-state index in [0.29, 0.717) is 0 Å². The molecular weight excluding hydrogens is 274 g/mol. The van der Waals surface area contributed by atoms with Gasteiger partial charge >= 0.3 is 11.9 Å². The van der Waals surface area contributed by atoms with Crippen LogP contribution in [0.5, 0.6) is 0 Å². The number of ketones is 1. The Hall–Kier alpha value is -2.63. The molecule has 0 unspecified atom stereocenters. The average molecular weight is 291 g/mol. The second-order valence-electron chi connectivity index (χ2n) is 3.92. The fourth-order valence-electron chi connectivity index (χ4n) is 1.57. The van der Waals surface area contributed by atoms with E-state index in [1.54, 1.807) is 32.0 Å². The third kappa shape index (κ3) is 4.17. The molecule has 21 heavy (non-hydrogen) atoms. The summed E-state index contributed by atoms with van der Waals surface area (Å²) in [5.41, 5.74) is 4.77. The number of carbonyl (C=O) groups excluding carboxylic acids is 3. The van der Waals surface area contributed by atoms with Gasteiger partial charge in [0.15, 0.2) is 0 Å². The van der Waals surface area contributed by atoms with Crippen LogP contribution in [0.4, 0.5) is 0 Å². The van der Waals surface area contributed by atoms with Crippen molar-refractivity contribution in [3.8, 4) is 0 Å². The highest BCUT2D eigenvalue weighted by atomic mass is 16.5. The minimum absolute atomic E-state index is 0.0561. The zero-order chi connectivity index (χ0) is 15.8. The molecule has 0 saturated heterocycles. The van der Waals surface area contributed by atoms with Crippen LogP contribution in [0.15, 0.2) is 41.6 Å². The van der Waals surface area contributed by atoms with Gasteiger partial charge in [-0.25, -0.2) is 9.59 Å². The summed E-state index contributed by atoms with van der Waals surface area (Å²) < 4.78 is 9.51. The van der Waals surface area contributed by atoms with Gasteiger partial charge in [-0.15, -0.1) is 0 Å². The topological polar surface area (TPSA) is 95.7 Å². The number of Topliss-reactive ketones (excluding diaryl/α,β-unsaturated/α-hetero) is 1. The van der Waals surface area contributed by atoms with Gasteiger partial charge in [-0.2, -0.15) is 0 Å². The standard InChI is InChI=1S/C15H17NO5/c1-3-20-14(18)11(12(16)15(19)21-4-2)13(17)10-8-6-5-7-9-10/h5-9H,3-4,16H2,1-2H3/b12-11-. The van der Waals surface area contributed by atoms with Crippen molar-refractivity contribution in [3.63, 3.8) is 0 Å². The van der Waals surface area contributed by atoms with Crippen LogP contribution < -0.4 is 5.73 Å². The fourth-order valence-corrected chi connectivity index (χ4v) is 1.57. The van der Waals surface area contributed by atoms with Crippen molar-refractivity contribution in [1.29, 1.82) is 0 Å². The Balaban J connectivity index is 3.26. The van der Waals surface area contributed by atoms with E-state index in [4.69, 9.17) is 15.2 Å². The molecule has 1 aromatic carbocycles. The molecule has 0 spiro atoms. The summed E-state index contributed by atoms with van der Waals surface area (Å²) in [5, 5.41) is 0. The maximum Gasteiger partial charge on any atom is 0.355 e. The van der Waals surface area contributed by atoms with Crippen molar-refractivity contribution < 1.29 is 23.9 Å². The normalized spacial score (nSPS) is 11.3. The lowest BCUT2D eigenvalue weighted by atomic mass is 10.0. The minimum Gasteiger partial charge on any atom is -0.462 e. The molecule has 0 aromatic heterocycles. The number of esters is 2. The SMILES string of the molecule is CCOC(=O)/C(N)=C(/C(=O)OCC)C(=O)c1ccccc1. The lowest BCUT2D eigenvalue weighted by molar-refractivity contribution is -0.141. The van der Waals surface area contributed by atoms with Crippen LogP contribution in [0.3, 0.4) is 0 Å². The summed E-state index contributed by atoms with van der Waals surface area (Å²) in [7, 11) is 0. The van der Waals surface area contributed by atoms with Gasteiger partial charge < -0.3 is 15.2 Å². The Bertz CT molecular complexity index is 563. The number of hydrogen-bond acceptors (Lipinski definition) is 6. The molecule has 1 aromatic rings. The smallest absolute Gasteiger partial charge is 0.355 e. The second-order valence-corrected chi connectivity index (χ2v) is 3.92. The summed E-state index contributed by atoms with van der Waals surface area (Å²) in [6, 6.07) is 8.02. The van der Waals surface area contributed by atoms with Crippen molar-refractivity contribution in [2.75, 3.05) is 13.2 Å². The van der Waals surface area contributed by atoms with Gasteiger partial charge in [-0.05, 0) is 13.8 Å². The van der Waals surface area contributed by atoms with Gasteiger partial charge in [-0.3, -0.25) is 4.79 Å². The van der Waals surface area contributed by atoms with E-state index in [9.17, 15) is 14.4 Å². The highest BCUT2D eigenvalue weighted by Crippen LogP contribution is 2.13. The number of rotatable bonds is 6. The Labute approximate surface area is 122 Å². The van der Waals surface area contributed by atoms with Gasteiger partial charge in [0.05, 0.1) is 13.2 Å². The molecular formula is C15H17NO5. The molecule has 6 nitrogen and oxygen atoms in total. The molecule has 2 N–H and O–H groups in total. The molecule has 0 aliphatic heterocycles. The average Bonchev–Trinajstić information content (AvgIpc) is 2.48. The molecule has 0 fully saturated rings. The van der Waals surface area contributed by atoms with E-state index in [0.717, 1.165) is 0 Å². The number of carbonyl (C=O) groups is 3. The molecule has 0 aliphatic carbocycles. The van der Waals surface area contributed by atoms with Gasteiger partial charge in [0.2, 0.25) is 5.78 Å². The Morgan fingerprint density at radius 1 is 0.952 bits per heavy atom. The molecule has 0 heterocycles. The van der Waals surface area contributed by atoms with Crippen LogP contribution >= 0.6 is 0 Å². The molecule has 0 atom stereocenters. The van der Waals surface area contributed by atoms with E-state index < -0.39 is 29.0 Å². The third-order valence-corrected chi connectivity index (χ3v) is 2.51. The predicted octanol–water partition coefficient (Wildman–Crippen LogP) is 1.21. The molecule has 0 aliphatic rings. The highest BCUT2D eigenvalue weighted by molar-refractivity contribution is 6.27. The number of ether oxygens (including phenoxy) is 2. The number of benzene rings is 1. The van der Waals surface area contributed by atoms with Crippen LogP contribution in [-0.2, 0) is 19.1 Å². The van der Waals surface area contributed by atoms with E-state index in [1.807, 2.05) is 0 Å². The number of hydrogen-bond donors (Lipinski definition) is 1. The molecule has 0 saturated carbocycles. The summed E-state index contributed by atoms with van der Waals surface area (Å²) in [4.78, 5) is 35.9. The lowest BCUT2D eigenvalue weighted by Gasteiger charge is -2.10. The first-order chi connectivity index (χ1) is 10.0. The Morgan fingerprint density at radius 2 is 1.48 bits per heavy atom. The molecule has 6 heteroatoms. The van der Waals surface area contributed by atoms with Crippen LogP contribution in [0, 0.1) is 0 Å². The summed E-state index contributed by atoms with van der Waals surface area (Å²) in [5.74, 6) is -2.55. The van der Waals surface area contributed by atoms with E-state index in [2.05, 4.69) is 0 Å². The maximum atomic E-state index is 12.4. The van der Waals surface area contributed by atoms with E-state index >= 15 is 0 Å². The lowest BCUT2D eigenvalue weighted by Crippen LogP contribution is -2.26. The van der Waals surface area contributed by atoms with Crippen LogP contribution in [0.1, 0.15) is 24.2 Å². The van der Waals surface area contributed by atoms with Crippen LogP contribution in [0.2, 0.25) is 0 Å². The first-order valence-electron chi connectivity index (χ1n) is 6.46. The van der Waals surface area contributed by atoms with E-state index in [1.165, 1.54) is 12.1 Å². The molecule has 0 amide bonds. The van der Waals surface area contributed by atoms with Crippen molar-refractivity contribution in [1.82, 2.24) is 0 Å². The molecule has 112 valence electrons. The molecule has 0 radical (unpaired) electrons. The molecule has 0 bridgehead atoms. The number of nitrogens with two attached hydrogens (primary N) is 1. The van der Waals surface area contributed by atoms with Gasteiger partial charge in [-0.1, -0.05) is 30.3 Å². The minimum atomic E-state index is -0.947. The van der Waals surface area contributed by atoms with Gasteiger partial charge in [0.1, 0.15) is 11.3 Å². The summed E-state index contributed by atoms with van der Waals surface area (Å²) in [6.07, 6.45) is 0. The zero-order valence-corrected chi connectivity index (χ0v) is 11.9. The van der Waals surface area contributed by atoms with Gasteiger partial charge in [0, 0.05) is 5.56 Å². The van der Waals surface area contributed by atoms with Crippen molar-refractivity contribution >= 4 is 17.7 Å². The quantitative estimate of drug-likeness (QED) is 0.278. The van der Waals surface area contributed by atoms with Crippen LogP contribution in [-0.4, -0.2) is 30.9 Å². The monoisotopic (exact) mass is 291 g/mol. The molecule has 1 rings (SSSR count). The van der Waals surface area contributed by atoms with Crippen molar-refractivity contribution in [2.24, 2.45) is 5.73 Å². The fraction of sp³-hybridized carbons (Fsp3) is 0.267. The maximum absolute atomic E-state index is 12.4. The van der Waals surface area contributed by atoms with Crippen molar-refractivity contribution in [2.45, 2.75) is 13.8 Å². The first kappa shape index (κ1) is 16.4. The highest BCUT2D eigenvalue weighted by Gasteiger charge is 2.28. The predicted molar refractivity (Wildman–Crippen MR) is 75.3 cm³/mol.